The van der Waals surface area contributed by atoms with E-state index in [1.54, 1.807) is 21.3 Å². The lowest BCUT2D eigenvalue weighted by molar-refractivity contribution is 0.122. The van der Waals surface area contributed by atoms with Crippen LogP contribution in [0.15, 0.2) is 47.6 Å². The van der Waals surface area contributed by atoms with Crippen LogP contribution in [0.1, 0.15) is 77.0 Å². The largest absolute Gasteiger partial charge is 0.500 e. The zero-order chi connectivity index (χ0) is 25.5. The summed E-state index contributed by atoms with van der Waals surface area (Å²) < 4.78 is 16.5. The number of fused-ring (bicyclic) bond motifs is 3. The van der Waals surface area contributed by atoms with Crippen LogP contribution in [-0.2, 0) is 13.3 Å². The van der Waals surface area contributed by atoms with Crippen molar-refractivity contribution in [1.29, 1.82) is 0 Å². The summed E-state index contributed by atoms with van der Waals surface area (Å²) in [5, 5.41) is 2.40. The van der Waals surface area contributed by atoms with E-state index >= 15 is 0 Å². The van der Waals surface area contributed by atoms with E-state index in [1.807, 2.05) is 36.3 Å². The van der Waals surface area contributed by atoms with Crippen LogP contribution in [-0.4, -0.2) is 45.9 Å². The fraction of sp³-hybridized carbons (Fsp3) is 0.586. The Morgan fingerprint density at radius 3 is 1.81 bits per heavy atom. The third kappa shape index (κ3) is 8.80. The summed E-state index contributed by atoms with van der Waals surface area (Å²) in [4.78, 5) is 10.5. The molecule has 0 aliphatic heterocycles. The number of aromatic nitrogens is 2. The molecule has 3 aromatic rings. The molecule has 5 nitrogen and oxygen atoms in total. The molecular weight excluding hydrogens is 484 g/mol. The zero-order valence-electron chi connectivity index (χ0n) is 22.5. The van der Waals surface area contributed by atoms with Crippen molar-refractivity contribution >= 4 is 42.4 Å². The van der Waals surface area contributed by atoms with Gasteiger partial charge in [0.1, 0.15) is 0 Å². The molecule has 0 fully saturated rings. The molecule has 0 N–H and O–H groups in total. The number of hydrogen-bond donors (Lipinski definition) is 0. The average Bonchev–Trinajstić information content (AvgIpc) is 2.93. The number of rotatable bonds is 19. The third-order valence-corrected chi connectivity index (χ3v) is 11.0. The first-order valence-electron chi connectivity index (χ1n) is 13.6. The Kier molecular flexibility index (Phi) is 13.2. The quantitative estimate of drug-likeness (QED) is 0.0673. The van der Waals surface area contributed by atoms with E-state index in [9.17, 15) is 0 Å². The van der Waals surface area contributed by atoms with Gasteiger partial charge in [0, 0.05) is 55.4 Å². The van der Waals surface area contributed by atoms with E-state index in [2.05, 4.69) is 28.2 Å². The normalized spacial score (nSPS) is 12.1. The molecule has 1 aromatic carbocycles. The van der Waals surface area contributed by atoms with Crippen LogP contribution in [0.3, 0.4) is 0 Å². The molecule has 0 atom stereocenters. The highest BCUT2D eigenvalue weighted by atomic mass is 32.2. The molecule has 0 saturated carbocycles. The number of hydrogen-bond acceptors (Lipinski definition) is 6. The van der Waals surface area contributed by atoms with Gasteiger partial charge < -0.3 is 13.3 Å². The van der Waals surface area contributed by atoms with Gasteiger partial charge in [0.2, 0.25) is 0 Å². The smallest absolute Gasteiger partial charge is 0.377 e. The van der Waals surface area contributed by atoms with Gasteiger partial charge in [-0.1, -0.05) is 76.3 Å². The Hall–Kier alpha value is -1.51. The maximum absolute atomic E-state index is 5.49. The first-order chi connectivity index (χ1) is 17.7. The predicted molar refractivity (Wildman–Crippen MR) is 155 cm³/mol. The predicted octanol–water partition coefficient (Wildman–Crippen LogP) is 8.43. The lowest BCUT2D eigenvalue weighted by Crippen LogP contribution is -2.42. The highest BCUT2D eigenvalue weighted by molar-refractivity contribution is 7.99. The fourth-order valence-electron chi connectivity index (χ4n) is 4.81. The monoisotopic (exact) mass is 528 g/mol. The first-order valence-corrected chi connectivity index (χ1v) is 16.6. The summed E-state index contributed by atoms with van der Waals surface area (Å²) >= 11 is 1.97. The summed E-state index contributed by atoms with van der Waals surface area (Å²) in [5.41, 5.74) is 2.02. The fourth-order valence-corrected chi connectivity index (χ4v) is 7.71. The number of thioether (sulfide) groups is 1. The van der Waals surface area contributed by atoms with Crippen LogP contribution >= 0.6 is 11.8 Å². The van der Waals surface area contributed by atoms with Crippen LogP contribution in [0.5, 0.6) is 0 Å². The molecule has 0 aliphatic carbocycles. The SMILES string of the molecule is CO[Si](CCCCCCCCCCCCCCSc1cc2cccnc2c2ncccc12)(OC)OC. The molecule has 198 valence electrons. The van der Waals surface area contributed by atoms with Crippen molar-refractivity contribution in [2.45, 2.75) is 88.0 Å². The Morgan fingerprint density at radius 1 is 0.667 bits per heavy atom. The molecule has 2 heterocycles. The topological polar surface area (TPSA) is 53.5 Å². The molecule has 0 saturated heterocycles. The van der Waals surface area contributed by atoms with E-state index < -0.39 is 8.80 Å². The standard InChI is InChI=1S/C29H44N2O3SSi/c1-32-36(33-2,34-3)23-15-13-11-9-7-5-4-6-8-10-12-14-22-35-27-24-25-18-16-20-30-28(25)29-26(27)19-17-21-31-29/h16-21,24H,4-15,22-23H2,1-3H3. The minimum atomic E-state index is -2.36. The molecule has 3 rings (SSSR count). The molecule has 0 bridgehead atoms. The summed E-state index contributed by atoms with van der Waals surface area (Å²) in [7, 11) is 2.72. The molecule has 36 heavy (non-hydrogen) atoms. The maximum atomic E-state index is 5.49. The van der Waals surface area contributed by atoms with Gasteiger partial charge in [-0.05, 0) is 36.8 Å². The van der Waals surface area contributed by atoms with Gasteiger partial charge in [0.05, 0.1) is 11.0 Å². The van der Waals surface area contributed by atoms with Crippen LogP contribution in [0, 0.1) is 0 Å². The maximum Gasteiger partial charge on any atom is 0.500 e. The Bertz CT molecular complexity index is 1020. The Balaban J connectivity index is 1.20. The molecule has 2 aromatic heterocycles. The summed E-state index contributed by atoms with van der Waals surface area (Å²) in [6.07, 6.45) is 19.6. The molecule has 0 radical (unpaired) electrons. The number of pyridine rings is 2. The van der Waals surface area contributed by atoms with E-state index in [0.717, 1.165) is 23.5 Å². The molecule has 0 spiro atoms. The molecular formula is C29H44N2O3SSi. The van der Waals surface area contributed by atoms with Gasteiger partial charge >= 0.3 is 8.80 Å². The lowest BCUT2D eigenvalue weighted by Gasteiger charge is -2.24. The van der Waals surface area contributed by atoms with E-state index in [1.165, 1.54) is 92.0 Å². The van der Waals surface area contributed by atoms with E-state index in [0.29, 0.717) is 0 Å². The Morgan fingerprint density at radius 2 is 1.19 bits per heavy atom. The van der Waals surface area contributed by atoms with Gasteiger partial charge in [-0.3, -0.25) is 9.97 Å². The van der Waals surface area contributed by atoms with Crippen molar-refractivity contribution in [3.63, 3.8) is 0 Å². The lowest BCUT2D eigenvalue weighted by atomic mass is 10.1. The van der Waals surface area contributed by atoms with E-state index in [-0.39, 0.29) is 0 Å². The van der Waals surface area contributed by atoms with Crippen LogP contribution in [0.25, 0.3) is 21.8 Å². The second-order valence-electron chi connectivity index (χ2n) is 9.49. The van der Waals surface area contributed by atoms with Crippen molar-refractivity contribution in [2.75, 3.05) is 27.1 Å². The van der Waals surface area contributed by atoms with Gasteiger partial charge in [0.25, 0.3) is 0 Å². The highest BCUT2D eigenvalue weighted by Crippen LogP contribution is 2.32. The van der Waals surface area contributed by atoms with E-state index in [4.69, 9.17) is 13.3 Å². The van der Waals surface area contributed by atoms with Crippen LogP contribution in [0.2, 0.25) is 6.04 Å². The third-order valence-electron chi connectivity index (χ3n) is 6.99. The van der Waals surface area contributed by atoms with Crippen molar-refractivity contribution < 1.29 is 13.3 Å². The van der Waals surface area contributed by atoms with Gasteiger partial charge in [0.15, 0.2) is 0 Å². The molecule has 0 aliphatic rings. The number of benzene rings is 1. The second kappa shape index (κ2) is 16.4. The van der Waals surface area contributed by atoms with Gasteiger partial charge in [-0.15, -0.1) is 11.8 Å². The second-order valence-corrected chi connectivity index (χ2v) is 13.7. The summed E-state index contributed by atoms with van der Waals surface area (Å²) in [6.45, 7) is 0. The van der Waals surface area contributed by atoms with Crippen molar-refractivity contribution in [3.05, 3.63) is 42.7 Å². The van der Waals surface area contributed by atoms with Crippen molar-refractivity contribution in [3.8, 4) is 0 Å². The van der Waals surface area contributed by atoms with Crippen molar-refractivity contribution in [1.82, 2.24) is 9.97 Å². The molecule has 0 unspecified atom stereocenters. The number of unbranched alkanes of at least 4 members (excludes halogenated alkanes) is 11. The molecule has 7 heteroatoms. The summed E-state index contributed by atoms with van der Waals surface area (Å²) in [5.74, 6) is 1.17. The van der Waals surface area contributed by atoms with Crippen LogP contribution in [0.4, 0.5) is 0 Å². The molecule has 0 amide bonds. The first kappa shape index (κ1) is 29.0. The summed E-state index contributed by atoms with van der Waals surface area (Å²) in [6, 6.07) is 11.5. The van der Waals surface area contributed by atoms with Gasteiger partial charge in [-0.25, -0.2) is 0 Å². The van der Waals surface area contributed by atoms with Crippen LogP contribution < -0.4 is 0 Å². The highest BCUT2D eigenvalue weighted by Gasteiger charge is 2.36. The average molecular weight is 529 g/mol. The Labute approximate surface area is 223 Å². The minimum Gasteiger partial charge on any atom is -0.377 e. The van der Waals surface area contributed by atoms with Gasteiger partial charge in [-0.2, -0.15) is 0 Å². The van der Waals surface area contributed by atoms with Crippen molar-refractivity contribution in [2.24, 2.45) is 0 Å². The zero-order valence-corrected chi connectivity index (χ0v) is 24.3. The number of nitrogens with zero attached hydrogens (tertiary/aromatic N) is 2. The minimum absolute atomic E-state index is 0.919.